The highest BCUT2D eigenvalue weighted by Crippen LogP contribution is 2.30. The maximum atomic E-state index is 13.7. The minimum absolute atomic E-state index is 0.0559. The molecule has 1 saturated carbocycles. The van der Waals surface area contributed by atoms with E-state index in [-0.39, 0.29) is 23.4 Å². The van der Waals surface area contributed by atoms with Gasteiger partial charge in [0.2, 0.25) is 11.9 Å². The lowest BCUT2D eigenvalue weighted by Gasteiger charge is -2.13. The third kappa shape index (κ3) is 5.45. The van der Waals surface area contributed by atoms with Gasteiger partial charge >= 0.3 is 0 Å². The normalized spacial score (nSPS) is 14.3. The fraction of sp³-hybridized carbons (Fsp3) is 0.381. The van der Waals surface area contributed by atoms with Crippen LogP contribution < -0.4 is 10.6 Å². The number of hydrogen-bond donors (Lipinski definition) is 2. The van der Waals surface area contributed by atoms with Crippen molar-refractivity contribution < 1.29 is 17.6 Å². The Labute approximate surface area is 181 Å². The number of nitrogens with one attached hydrogen (secondary N) is 2. The van der Waals surface area contributed by atoms with Gasteiger partial charge in [0.15, 0.2) is 5.82 Å². The van der Waals surface area contributed by atoms with E-state index in [0.717, 1.165) is 26.7 Å². The van der Waals surface area contributed by atoms with Crippen LogP contribution in [0.5, 0.6) is 0 Å². The predicted octanol–water partition coefficient (Wildman–Crippen LogP) is 5.12. The zero-order valence-corrected chi connectivity index (χ0v) is 17.4. The summed E-state index contributed by atoms with van der Waals surface area (Å²) in [6, 6.07) is 6.87. The molecule has 0 spiro atoms. The second kappa shape index (κ2) is 8.29. The zero-order chi connectivity index (χ0) is 22.9. The van der Waals surface area contributed by atoms with Crippen LogP contribution in [0.25, 0.3) is 11.5 Å². The monoisotopic (exact) mass is 447 g/mol. The van der Waals surface area contributed by atoms with Crippen molar-refractivity contribution in [2.45, 2.75) is 38.5 Å². The molecule has 0 aliphatic heterocycles. The van der Waals surface area contributed by atoms with Gasteiger partial charge in [-0.2, -0.15) is 32.5 Å². The van der Waals surface area contributed by atoms with Gasteiger partial charge in [-0.3, -0.25) is 4.98 Å². The van der Waals surface area contributed by atoms with Gasteiger partial charge in [0.25, 0.3) is 11.8 Å². The first-order valence-electron chi connectivity index (χ1n) is 10.0. The number of alkyl halides is 4. The van der Waals surface area contributed by atoms with Gasteiger partial charge in [0.1, 0.15) is 17.1 Å². The summed E-state index contributed by atoms with van der Waals surface area (Å²) in [5.74, 6) is -5.36. The largest absolute Gasteiger partial charge is 0.354 e. The minimum atomic E-state index is -3.13. The number of anilines is 3. The molecule has 0 atom stereocenters. The second-order valence-electron chi connectivity index (χ2n) is 7.87. The zero-order valence-electron chi connectivity index (χ0n) is 17.4. The van der Waals surface area contributed by atoms with E-state index in [2.05, 4.69) is 35.6 Å². The molecule has 1 aliphatic carbocycles. The van der Waals surface area contributed by atoms with E-state index in [0.29, 0.717) is 18.2 Å². The summed E-state index contributed by atoms with van der Waals surface area (Å²) >= 11 is 0. The van der Waals surface area contributed by atoms with Crippen molar-refractivity contribution in [3.05, 3.63) is 47.9 Å². The Kier molecular flexibility index (Phi) is 5.66. The van der Waals surface area contributed by atoms with E-state index in [4.69, 9.17) is 0 Å². The van der Waals surface area contributed by atoms with Crippen LogP contribution in [-0.2, 0) is 11.8 Å². The predicted molar refractivity (Wildman–Crippen MR) is 111 cm³/mol. The molecule has 0 unspecified atom stereocenters. The Balaban J connectivity index is 1.68. The van der Waals surface area contributed by atoms with Crippen LogP contribution in [0.4, 0.5) is 35.1 Å². The fourth-order valence-electron chi connectivity index (χ4n) is 2.86. The lowest BCUT2D eigenvalue weighted by molar-refractivity contribution is 0.0122. The molecule has 1 fully saturated rings. The average Bonchev–Trinajstić information content (AvgIpc) is 3.56. The van der Waals surface area contributed by atoms with Crippen LogP contribution in [0.15, 0.2) is 36.5 Å². The topological polar surface area (TPSA) is 88.5 Å². The van der Waals surface area contributed by atoms with E-state index in [1.54, 1.807) is 0 Å². The van der Waals surface area contributed by atoms with Crippen molar-refractivity contribution in [1.82, 2.24) is 24.9 Å². The highest BCUT2D eigenvalue weighted by molar-refractivity contribution is 5.59. The molecule has 3 heterocycles. The molecule has 168 valence electrons. The van der Waals surface area contributed by atoms with E-state index >= 15 is 0 Å². The van der Waals surface area contributed by atoms with Crippen molar-refractivity contribution in [3.63, 3.8) is 0 Å². The van der Waals surface area contributed by atoms with Crippen LogP contribution in [0, 0.1) is 5.92 Å². The Morgan fingerprint density at radius 1 is 0.906 bits per heavy atom. The van der Waals surface area contributed by atoms with E-state index in [1.165, 1.54) is 36.5 Å². The molecular formula is C21H21F4N7. The Morgan fingerprint density at radius 2 is 1.62 bits per heavy atom. The fourth-order valence-corrected chi connectivity index (χ4v) is 2.86. The molecule has 3 aromatic heterocycles. The molecule has 1 aliphatic rings. The van der Waals surface area contributed by atoms with Crippen LogP contribution in [-0.4, -0.2) is 31.5 Å². The van der Waals surface area contributed by atoms with Crippen molar-refractivity contribution in [2.75, 3.05) is 17.2 Å². The summed E-state index contributed by atoms with van der Waals surface area (Å²) in [6.45, 7) is 2.17. The van der Waals surface area contributed by atoms with Crippen LogP contribution >= 0.6 is 0 Å². The molecule has 0 bridgehead atoms. The van der Waals surface area contributed by atoms with E-state index in [1.807, 2.05) is 0 Å². The number of hydrogen-bond acceptors (Lipinski definition) is 7. The van der Waals surface area contributed by atoms with E-state index in [9.17, 15) is 17.6 Å². The Hall–Kier alpha value is -3.37. The molecule has 0 amide bonds. The second-order valence-corrected chi connectivity index (χ2v) is 7.87. The van der Waals surface area contributed by atoms with Gasteiger partial charge < -0.3 is 10.6 Å². The van der Waals surface area contributed by atoms with Gasteiger partial charge in [-0.15, -0.1) is 0 Å². The quantitative estimate of drug-likeness (QED) is 0.464. The highest BCUT2D eigenvalue weighted by Gasteiger charge is 2.28. The first-order valence-corrected chi connectivity index (χ1v) is 10.0. The van der Waals surface area contributed by atoms with Gasteiger partial charge in [-0.1, -0.05) is 6.07 Å². The summed E-state index contributed by atoms with van der Waals surface area (Å²) in [7, 11) is 0. The highest BCUT2D eigenvalue weighted by atomic mass is 19.3. The average molecular weight is 447 g/mol. The minimum Gasteiger partial charge on any atom is -0.354 e. The molecule has 0 aromatic carbocycles. The molecule has 3 aromatic rings. The van der Waals surface area contributed by atoms with Crippen molar-refractivity contribution in [1.29, 1.82) is 0 Å². The summed E-state index contributed by atoms with van der Waals surface area (Å²) in [5.41, 5.74) is -0.396. The first-order chi connectivity index (χ1) is 15.1. The van der Waals surface area contributed by atoms with Crippen molar-refractivity contribution in [3.8, 4) is 11.5 Å². The molecule has 32 heavy (non-hydrogen) atoms. The molecule has 11 heteroatoms. The van der Waals surface area contributed by atoms with Gasteiger partial charge in [0.05, 0.1) is 0 Å². The summed E-state index contributed by atoms with van der Waals surface area (Å²) in [4.78, 5) is 20.5. The van der Waals surface area contributed by atoms with Crippen LogP contribution in [0.3, 0.4) is 0 Å². The standard InChI is InChI=1S/C21H21F4N7/c1-20(22,23)15-5-3-4-14(29-15)17-30-18(27-11-12-6-7-12)32-19(31-17)28-13-8-9-26-16(10-13)21(2,24)25/h3-5,8-10,12H,6-7,11H2,1-2H3,(H2,26,27,28,30,31,32). The van der Waals surface area contributed by atoms with Gasteiger partial charge in [-0.25, -0.2) is 4.98 Å². The Bertz CT molecular complexity index is 1110. The molecule has 0 radical (unpaired) electrons. The molecule has 0 saturated heterocycles. The van der Waals surface area contributed by atoms with Gasteiger partial charge in [-0.05, 0) is 43.0 Å². The summed E-state index contributed by atoms with van der Waals surface area (Å²) in [6.07, 6.45) is 3.46. The third-order valence-electron chi connectivity index (χ3n) is 4.77. The lowest BCUT2D eigenvalue weighted by atomic mass is 10.2. The maximum Gasteiger partial charge on any atom is 0.287 e. The van der Waals surface area contributed by atoms with E-state index < -0.39 is 23.2 Å². The van der Waals surface area contributed by atoms with Crippen LogP contribution in [0.2, 0.25) is 0 Å². The number of aromatic nitrogens is 5. The number of nitrogens with zero attached hydrogens (tertiary/aromatic N) is 5. The SMILES string of the molecule is CC(F)(F)c1cc(Nc2nc(NCC3CC3)nc(-c3cccc(C(C)(F)F)n3)n2)ccn1. The molecule has 7 nitrogen and oxygen atoms in total. The number of rotatable bonds is 8. The molecular weight excluding hydrogens is 426 g/mol. The first kappa shape index (κ1) is 21.8. The number of halogens is 4. The summed E-state index contributed by atoms with van der Waals surface area (Å²) < 4.78 is 54.7. The van der Waals surface area contributed by atoms with Crippen LogP contribution in [0.1, 0.15) is 38.1 Å². The van der Waals surface area contributed by atoms with Gasteiger partial charge in [0, 0.05) is 32.3 Å². The lowest BCUT2D eigenvalue weighted by Crippen LogP contribution is -2.13. The third-order valence-corrected chi connectivity index (χ3v) is 4.77. The molecule has 4 rings (SSSR count). The van der Waals surface area contributed by atoms with Crippen molar-refractivity contribution >= 4 is 17.6 Å². The summed E-state index contributed by atoms with van der Waals surface area (Å²) in [5, 5.41) is 5.98. The molecule has 2 N–H and O–H groups in total. The van der Waals surface area contributed by atoms with Crippen molar-refractivity contribution in [2.24, 2.45) is 5.92 Å². The Morgan fingerprint density at radius 3 is 2.31 bits per heavy atom. The maximum absolute atomic E-state index is 13.7. The number of pyridine rings is 2. The smallest absolute Gasteiger partial charge is 0.287 e.